The molecule has 0 bridgehead atoms. The molecular formula is C57H43N5S. The first-order chi connectivity index (χ1) is 30.7. The Kier molecular flexibility index (Phi) is 7.64. The van der Waals surface area contributed by atoms with Crippen LogP contribution in [0.5, 0.6) is 0 Å². The van der Waals surface area contributed by atoms with Crippen LogP contribution < -0.4 is 0 Å². The van der Waals surface area contributed by atoms with Crippen LogP contribution >= 0.6 is 11.3 Å². The molecule has 0 unspecified atom stereocenters. The fourth-order valence-corrected chi connectivity index (χ4v) is 11.9. The Bertz CT molecular complexity index is 3860. The Morgan fingerprint density at radius 3 is 1.92 bits per heavy atom. The largest absolute Gasteiger partial charge is 0.309 e. The normalized spacial score (nSPS) is 14.8. The number of nitrogens with zero attached hydrogens (tertiary/aromatic N) is 5. The smallest absolute Gasteiger partial charge is 0.238 e. The van der Waals surface area contributed by atoms with Crippen molar-refractivity contribution in [3.63, 3.8) is 0 Å². The Morgan fingerprint density at radius 1 is 0.460 bits per heavy atom. The molecule has 12 aromatic rings. The third-order valence-corrected chi connectivity index (χ3v) is 15.3. The predicted molar refractivity (Wildman–Crippen MR) is 265 cm³/mol. The molecule has 0 atom stereocenters. The summed E-state index contributed by atoms with van der Waals surface area (Å²) >= 11 is 1.80. The minimum Gasteiger partial charge on any atom is -0.309 e. The molecule has 8 aromatic carbocycles. The van der Waals surface area contributed by atoms with Gasteiger partial charge < -0.3 is 4.57 Å². The lowest BCUT2D eigenvalue weighted by atomic mass is 9.63. The molecule has 0 saturated carbocycles. The summed E-state index contributed by atoms with van der Waals surface area (Å²) in [5.74, 6) is 1.90. The van der Waals surface area contributed by atoms with Gasteiger partial charge in [0.25, 0.3) is 0 Å². The molecule has 0 radical (unpaired) electrons. The Balaban J connectivity index is 1.20. The summed E-state index contributed by atoms with van der Waals surface area (Å²) < 4.78 is 7.23. The number of hydrogen-bond donors (Lipinski definition) is 0. The second-order valence-electron chi connectivity index (χ2n) is 18.7. The Labute approximate surface area is 368 Å². The van der Waals surface area contributed by atoms with Crippen molar-refractivity contribution in [3.05, 3.63) is 175 Å². The molecule has 6 heteroatoms. The predicted octanol–water partition coefficient (Wildman–Crippen LogP) is 15.3. The first-order valence-corrected chi connectivity index (χ1v) is 22.8. The summed E-state index contributed by atoms with van der Waals surface area (Å²) in [6, 6.07) is 59.4. The zero-order valence-electron chi connectivity index (χ0n) is 35.6. The number of aromatic nitrogens is 5. The van der Waals surface area contributed by atoms with Gasteiger partial charge in [-0.25, -0.2) is 4.98 Å². The fourth-order valence-electron chi connectivity index (χ4n) is 10.7. The van der Waals surface area contributed by atoms with Crippen LogP contribution in [-0.4, -0.2) is 24.1 Å². The number of rotatable bonds is 4. The number of thiophene rings is 1. The van der Waals surface area contributed by atoms with E-state index >= 15 is 0 Å². The van der Waals surface area contributed by atoms with Gasteiger partial charge in [-0.1, -0.05) is 143 Å². The molecule has 4 heterocycles. The van der Waals surface area contributed by atoms with Gasteiger partial charge in [-0.3, -0.25) is 4.57 Å². The molecule has 5 nitrogen and oxygen atoms in total. The molecule has 0 fully saturated rings. The molecule has 0 spiro atoms. The summed E-state index contributed by atoms with van der Waals surface area (Å²) in [6.07, 6.45) is 2.29. The minimum atomic E-state index is 0.0326. The molecule has 13 rings (SSSR count). The van der Waals surface area contributed by atoms with Crippen molar-refractivity contribution in [3.8, 4) is 34.4 Å². The first kappa shape index (κ1) is 36.5. The molecule has 0 N–H and O–H groups in total. The van der Waals surface area contributed by atoms with Crippen molar-refractivity contribution < 1.29 is 0 Å². The Hall–Kier alpha value is -7.15. The SMILES string of the molecule is CC1(C)CCC(C)(C)c2cc3c(cc21)c1c(ccc2c4ccccc4n(-c4nc(-c5cccc6ccccc56)nc(-c5cccc6c5sc5ccccc56)n4)c21)n3-c1ccccc1. The number of fused-ring (bicyclic) bond motifs is 12. The van der Waals surface area contributed by atoms with Crippen LogP contribution in [0.1, 0.15) is 51.7 Å². The monoisotopic (exact) mass is 829 g/mol. The number of benzene rings is 8. The average molecular weight is 830 g/mol. The lowest BCUT2D eigenvalue weighted by molar-refractivity contribution is 0.332. The second-order valence-corrected chi connectivity index (χ2v) is 19.7. The highest BCUT2D eigenvalue weighted by Gasteiger charge is 2.38. The van der Waals surface area contributed by atoms with E-state index in [4.69, 9.17) is 15.0 Å². The van der Waals surface area contributed by atoms with Crippen molar-refractivity contribution in [1.29, 1.82) is 0 Å². The highest BCUT2D eigenvalue weighted by molar-refractivity contribution is 7.26. The van der Waals surface area contributed by atoms with Gasteiger partial charge in [0.2, 0.25) is 5.95 Å². The van der Waals surface area contributed by atoms with Crippen molar-refractivity contribution in [2.45, 2.75) is 51.4 Å². The lowest BCUT2D eigenvalue weighted by Crippen LogP contribution is -2.33. The van der Waals surface area contributed by atoms with Gasteiger partial charge in [-0.15, -0.1) is 11.3 Å². The molecule has 1 aliphatic carbocycles. The van der Waals surface area contributed by atoms with Crippen LogP contribution in [0.4, 0.5) is 0 Å². The van der Waals surface area contributed by atoms with Crippen LogP contribution in [0.25, 0.3) is 109 Å². The van der Waals surface area contributed by atoms with E-state index in [0.717, 1.165) is 62.4 Å². The van der Waals surface area contributed by atoms with Gasteiger partial charge in [0.05, 0.1) is 22.1 Å². The third-order valence-electron chi connectivity index (χ3n) is 14.0. The minimum absolute atomic E-state index is 0.0326. The zero-order valence-corrected chi connectivity index (χ0v) is 36.5. The van der Waals surface area contributed by atoms with E-state index in [1.54, 1.807) is 11.3 Å². The maximum atomic E-state index is 5.58. The van der Waals surface area contributed by atoms with Crippen LogP contribution in [-0.2, 0) is 10.8 Å². The average Bonchev–Trinajstić information content (AvgIpc) is 3.98. The van der Waals surface area contributed by atoms with E-state index in [-0.39, 0.29) is 10.8 Å². The van der Waals surface area contributed by atoms with Gasteiger partial charge in [-0.2, -0.15) is 9.97 Å². The third kappa shape index (κ3) is 5.31. The highest BCUT2D eigenvalue weighted by atomic mass is 32.1. The van der Waals surface area contributed by atoms with E-state index in [2.05, 4.69) is 201 Å². The van der Waals surface area contributed by atoms with Gasteiger partial charge in [0.15, 0.2) is 11.6 Å². The summed E-state index contributed by atoms with van der Waals surface area (Å²) in [5.41, 5.74) is 10.6. The topological polar surface area (TPSA) is 48.5 Å². The summed E-state index contributed by atoms with van der Waals surface area (Å²) in [7, 11) is 0. The van der Waals surface area contributed by atoms with Crippen molar-refractivity contribution in [2.24, 2.45) is 0 Å². The van der Waals surface area contributed by atoms with E-state index in [1.165, 1.54) is 53.0 Å². The number of hydrogen-bond acceptors (Lipinski definition) is 4. The first-order valence-electron chi connectivity index (χ1n) is 22.0. The summed E-state index contributed by atoms with van der Waals surface area (Å²) in [6.45, 7) is 9.69. The van der Waals surface area contributed by atoms with Crippen molar-refractivity contribution in [1.82, 2.24) is 24.1 Å². The van der Waals surface area contributed by atoms with Gasteiger partial charge >= 0.3 is 0 Å². The van der Waals surface area contributed by atoms with E-state index in [1.807, 2.05) is 0 Å². The van der Waals surface area contributed by atoms with Gasteiger partial charge in [0.1, 0.15) is 0 Å². The molecule has 0 saturated heterocycles. The van der Waals surface area contributed by atoms with E-state index in [0.29, 0.717) is 17.6 Å². The fraction of sp³-hybridized carbons (Fsp3) is 0.140. The quantitative estimate of drug-likeness (QED) is 0.178. The molecule has 0 aliphatic heterocycles. The maximum Gasteiger partial charge on any atom is 0.238 e. The molecule has 63 heavy (non-hydrogen) atoms. The van der Waals surface area contributed by atoms with Crippen LogP contribution in [0, 0.1) is 0 Å². The van der Waals surface area contributed by atoms with E-state index < -0.39 is 0 Å². The van der Waals surface area contributed by atoms with Crippen LogP contribution in [0.15, 0.2) is 164 Å². The zero-order chi connectivity index (χ0) is 42.2. The van der Waals surface area contributed by atoms with Crippen molar-refractivity contribution in [2.75, 3.05) is 0 Å². The maximum absolute atomic E-state index is 5.58. The molecule has 4 aromatic heterocycles. The molecule has 302 valence electrons. The molecular weight excluding hydrogens is 787 g/mol. The number of para-hydroxylation sites is 2. The van der Waals surface area contributed by atoms with Crippen LogP contribution in [0.3, 0.4) is 0 Å². The summed E-state index contributed by atoms with van der Waals surface area (Å²) in [4.78, 5) is 16.5. The van der Waals surface area contributed by atoms with Gasteiger partial charge in [-0.05, 0) is 94.1 Å². The Morgan fingerprint density at radius 2 is 1.10 bits per heavy atom. The van der Waals surface area contributed by atoms with Crippen molar-refractivity contribution >= 4 is 85.9 Å². The summed E-state index contributed by atoms with van der Waals surface area (Å²) in [5, 5.41) is 9.48. The molecule has 0 amide bonds. The van der Waals surface area contributed by atoms with E-state index in [9.17, 15) is 0 Å². The van der Waals surface area contributed by atoms with Crippen LogP contribution in [0.2, 0.25) is 0 Å². The second kappa shape index (κ2) is 13.2. The lowest BCUT2D eigenvalue weighted by Gasteiger charge is -2.42. The standard InChI is InChI=1S/C57H43N5S/c1-56(2)30-31-57(3,4)45-33-48-43(32-44(45)56)50-47(61(48)35-18-6-5-7-19-35)29-28-39-37-21-10-12-26-46(37)62(51(39)50)55-59-53(41-24-14-17-34-16-8-9-20-36(34)41)58-54(60-55)42-25-15-23-40-38-22-11-13-27-49(38)63-52(40)42/h5-29,32-33H,30-31H2,1-4H3. The highest BCUT2D eigenvalue weighted by Crippen LogP contribution is 2.50. The van der Waals surface area contributed by atoms with Gasteiger partial charge in [0, 0.05) is 58.5 Å². The molecule has 1 aliphatic rings.